The molecule has 2 aromatic carbocycles. The van der Waals surface area contributed by atoms with Gasteiger partial charge in [0, 0.05) is 16.9 Å². The molecule has 0 amide bonds. The number of nitriles is 1. The number of nitrogens with zero attached hydrogens (tertiary/aromatic N) is 2. The van der Waals surface area contributed by atoms with Gasteiger partial charge in [0.2, 0.25) is 0 Å². The topological polar surface area (TPSA) is 72.2 Å². The van der Waals surface area contributed by atoms with Crippen molar-refractivity contribution < 1.29 is 14.3 Å². The van der Waals surface area contributed by atoms with E-state index in [9.17, 15) is 10.1 Å². The standard InChI is InChI=1S/C30H34N2O3S2/c1-4-5-16-36-20-25(19-34-22(2)3)35-29(33)21-37-30-27(18-31)26(23-12-8-6-9-13-23)17-28(32-30)24-14-10-7-11-15-24/h6-15,17,22,25H,4-5,16,19-21H2,1-3H3. The minimum Gasteiger partial charge on any atom is -0.458 e. The monoisotopic (exact) mass is 534 g/mol. The van der Waals surface area contributed by atoms with Crippen molar-refractivity contribution in [2.45, 2.75) is 50.8 Å². The maximum absolute atomic E-state index is 12.9. The maximum atomic E-state index is 12.9. The molecule has 0 fully saturated rings. The molecule has 3 aromatic rings. The van der Waals surface area contributed by atoms with E-state index < -0.39 is 0 Å². The van der Waals surface area contributed by atoms with Gasteiger partial charge in [-0.25, -0.2) is 4.98 Å². The van der Waals surface area contributed by atoms with Gasteiger partial charge in [0.25, 0.3) is 0 Å². The van der Waals surface area contributed by atoms with Crippen molar-refractivity contribution in [2.75, 3.05) is 23.9 Å². The molecular formula is C30H34N2O3S2. The van der Waals surface area contributed by atoms with Crippen LogP contribution in [0.4, 0.5) is 0 Å². The first-order chi connectivity index (χ1) is 18.0. The van der Waals surface area contributed by atoms with Gasteiger partial charge in [0.05, 0.1) is 29.7 Å². The van der Waals surface area contributed by atoms with Crippen LogP contribution in [0.3, 0.4) is 0 Å². The molecular weight excluding hydrogens is 500 g/mol. The van der Waals surface area contributed by atoms with Crippen LogP contribution in [-0.2, 0) is 14.3 Å². The van der Waals surface area contributed by atoms with Gasteiger partial charge in [-0.1, -0.05) is 85.8 Å². The third-order valence-corrected chi connectivity index (χ3v) is 7.57. The van der Waals surface area contributed by atoms with E-state index in [0.717, 1.165) is 41.0 Å². The summed E-state index contributed by atoms with van der Waals surface area (Å²) in [5.74, 6) is 1.46. The van der Waals surface area contributed by atoms with Gasteiger partial charge in [-0.05, 0) is 37.7 Å². The molecule has 3 rings (SSSR count). The average molecular weight is 535 g/mol. The van der Waals surface area contributed by atoms with Gasteiger partial charge in [0.15, 0.2) is 0 Å². The molecule has 0 aliphatic heterocycles. The van der Waals surface area contributed by atoms with Crippen LogP contribution in [0.5, 0.6) is 0 Å². The van der Waals surface area contributed by atoms with Crippen molar-refractivity contribution in [3.05, 3.63) is 72.3 Å². The van der Waals surface area contributed by atoms with Crippen LogP contribution >= 0.6 is 23.5 Å². The number of ether oxygens (including phenoxy) is 2. The number of thioether (sulfide) groups is 2. The summed E-state index contributed by atoms with van der Waals surface area (Å²) in [5, 5.41) is 10.6. The van der Waals surface area contributed by atoms with Crippen molar-refractivity contribution in [3.63, 3.8) is 0 Å². The minimum absolute atomic E-state index is 0.0615. The first-order valence-corrected chi connectivity index (χ1v) is 14.7. The third kappa shape index (κ3) is 9.23. The molecule has 0 radical (unpaired) electrons. The van der Waals surface area contributed by atoms with E-state index in [1.54, 1.807) is 11.8 Å². The van der Waals surface area contributed by atoms with Crippen LogP contribution in [0.2, 0.25) is 0 Å². The first-order valence-electron chi connectivity index (χ1n) is 12.6. The third-order valence-electron chi connectivity index (χ3n) is 5.44. The van der Waals surface area contributed by atoms with Crippen molar-refractivity contribution in [2.24, 2.45) is 0 Å². The second-order valence-electron chi connectivity index (χ2n) is 8.79. The quantitative estimate of drug-likeness (QED) is 0.122. The summed E-state index contributed by atoms with van der Waals surface area (Å²) in [6, 6.07) is 23.9. The molecule has 1 atom stereocenters. The number of hydrogen-bond donors (Lipinski definition) is 0. The van der Waals surface area contributed by atoms with E-state index in [2.05, 4.69) is 13.0 Å². The maximum Gasteiger partial charge on any atom is 0.316 e. The lowest BCUT2D eigenvalue weighted by atomic mass is 9.99. The summed E-state index contributed by atoms with van der Waals surface area (Å²) in [6.45, 7) is 6.48. The van der Waals surface area contributed by atoms with Crippen LogP contribution < -0.4 is 0 Å². The largest absolute Gasteiger partial charge is 0.458 e. The number of pyridine rings is 1. The molecule has 1 unspecified atom stereocenters. The second kappa shape index (κ2) is 15.5. The van der Waals surface area contributed by atoms with E-state index >= 15 is 0 Å². The fourth-order valence-corrected chi connectivity index (χ4v) is 5.43. The number of carbonyl (C=O) groups excluding carboxylic acids is 1. The summed E-state index contributed by atoms with van der Waals surface area (Å²) >= 11 is 3.02. The van der Waals surface area contributed by atoms with Gasteiger partial charge in [-0.2, -0.15) is 17.0 Å². The van der Waals surface area contributed by atoms with Gasteiger partial charge in [0.1, 0.15) is 17.2 Å². The van der Waals surface area contributed by atoms with Crippen LogP contribution in [0.15, 0.2) is 71.8 Å². The van der Waals surface area contributed by atoms with Crippen molar-refractivity contribution in [1.82, 2.24) is 4.98 Å². The molecule has 1 aromatic heterocycles. The highest BCUT2D eigenvalue weighted by Crippen LogP contribution is 2.34. The summed E-state index contributed by atoms with van der Waals surface area (Å²) in [4.78, 5) is 17.6. The Morgan fingerprint density at radius 1 is 1.05 bits per heavy atom. The van der Waals surface area contributed by atoms with E-state index in [0.29, 0.717) is 22.9 Å². The molecule has 37 heavy (non-hydrogen) atoms. The zero-order valence-electron chi connectivity index (χ0n) is 21.7. The highest BCUT2D eigenvalue weighted by atomic mass is 32.2. The zero-order chi connectivity index (χ0) is 26.5. The van der Waals surface area contributed by atoms with E-state index in [-0.39, 0.29) is 23.9 Å². The lowest BCUT2D eigenvalue weighted by molar-refractivity contribution is -0.148. The SMILES string of the molecule is CCCCSCC(COC(C)C)OC(=O)CSc1nc(-c2ccccc2)cc(-c2ccccc2)c1C#N. The molecule has 0 aliphatic carbocycles. The van der Waals surface area contributed by atoms with E-state index in [1.807, 2.05) is 80.6 Å². The molecule has 0 saturated carbocycles. The Morgan fingerprint density at radius 2 is 1.73 bits per heavy atom. The smallest absolute Gasteiger partial charge is 0.316 e. The van der Waals surface area contributed by atoms with E-state index in [4.69, 9.17) is 14.5 Å². The molecule has 0 spiro atoms. The van der Waals surface area contributed by atoms with E-state index in [1.165, 1.54) is 11.8 Å². The van der Waals surface area contributed by atoms with Crippen LogP contribution in [-0.4, -0.2) is 47.0 Å². The van der Waals surface area contributed by atoms with Crippen molar-refractivity contribution >= 4 is 29.5 Å². The molecule has 5 nitrogen and oxygen atoms in total. The van der Waals surface area contributed by atoms with Crippen molar-refractivity contribution in [3.8, 4) is 28.5 Å². The lowest BCUT2D eigenvalue weighted by Gasteiger charge is -2.19. The Bertz CT molecular complexity index is 1160. The van der Waals surface area contributed by atoms with Crippen molar-refractivity contribution in [1.29, 1.82) is 5.26 Å². The molecule has 7 heteroatoms. The molecule has 194 valence electrons. The number of unbranched alkanes of at least 4 members (excludes halogenated alkanes) is 1. The zero-order valence-corrected chi connectivity index (χ0v) is 23.3. The normalized spacial score (nSPS) is 11.8. The Labute approximate surface area is 229 Å². The van der Waals surface area contributed by atoms with Crippen LogP contribution in [0.25, 0.3) is 22.4 Å². The Hall–Kier alpha value is -2.79. The minimum atomic E-state index is -0.337. The highest BCUT2D eigenvalue weighted by molar-refractivity contribution is 8.00. The number of aromatic nitrogens is 1. The van der Waals surface area contributed by atoms with Gasteiger partial charge >= 0.3 is 5.97 Å². The second-order valence-corrected chi connectivity index (χ2v) is 10.9. The fourth-order valence-electron chi connectivity index (χ4n) is 3.56. The lowest BCUT2D eigenvalue weighted by Crippen LogP contribution is -2.28. The highest BCUT2D eigenvalue weighted by Gasteiger charge is 2.20. The number of rotatable bonds is 14. The number of hydrogen-bond acceptors (Lipinski definition) is 7. The average Bonchev–Trinajstić information content (AvgIpc) is 2.93. The predicted octanol–water partition coefficient (Wildman–Crippen LogP) is 7.25. The number of carbonyl (C=O) groups is 1. The van der Waals surface area contributed by atoms with Gasteiger partial charge < -0.3 is 9.47 Å². The Kier molecular flexibility index (Phi) is 12.0. The summed E-state index contributed by atoms with van der Waals surface area (Å²) < 4.78 is 11.5. The summed E-state index contributed by atoms with van der Waals surface area (Å²) in [5.41, 5.74) is 3.88. The Morgan fingerprint density at radius 3 is 2.35 bits per heavy atom. The fraction of sp³-hybridized carbons (Fsp3) is 0.367. The molecule has 0 aliphatic rings. The summed E-state index contributed by atoms with van der Waals surface area (Å²) in [7, 11) is 0. The van der Waals surface area contributed by atoms with Crippen LogP contribution in [0.1, 0.15) is 39.2 Å². The first kappa shape index (κ1) is 28.8. The molecule has 0 bridgehead atoms. The van der Waals surface area contributed by atoms with Gasteiger partial charge in [-0.3, -0.25) is 4.79 Å². The Balaban J connectivity index is 1.80. The van der Waals surface area contributed by atoms with Crippen LogP contribution in [0, 0.1) is 11.3 Å². The number of esters is 1. The molecule has 1 heterocycles. The molecule has 0 saturated heterocycles. The summed E-state index contributed by atoms with van der Waals surface area (Å²) in [6.07, 6.45) is 2.03. The number of benzene rings is 2. The predicted molar refractivity (Wildman–Crippen MR) is 154 cm³/mol. The molecule has 0 N–H and O–H groups in total. The van der Waals surface area contributed by atoms with Gasteiger partial charge in [-0.15, -0.1) is 0 Å².